The van der Waals surface area contributed by atoms with E-state index in [-0.39, 0.29) is 0 Å². The van der Waals surface area contributed by atoms with Crippen LogP contribution in [0.5, 0.6) is 0 Å². The van der Waals surface area contributed by atoms with Crippen LogP contribution in [0.15, 0.2) is 12.7 Å². The maximum absolute atomic E-state index is 5.47. The van der Waals surface area contributed by atoms with Crippen LogP contribution in [-0.2, 0) is 0 Å². The molecule has 0 fully saturated rings. The van der Waals surface area contributed by atoms with Gasteiger partial charge in [-0.3, -0.25) is 11.3 Å². The number of hydrogen-bond acceptors (Lipinski definition) is 2. The zero-order valence-corrected chi connectivity index (χ0v) is 9.60. The molecule has 0 aliphatic rings. The zero-order chi connectivity index (χ0) is 10.6. The van der Waals surface area contributed by atoms with E-state index in [0.717, 1.165) is 12.8 Å². The van der Waals surface area contributed by atoms with Gasteiger partial charge >= 0.3 is 0 Å². The summed E-state index contributed by atoms with van der Waals surface area (Å²) >= 11 is 0. The quantitative estimate of drug-likeness (QED) is 0.245. The molecule has 3 N–H and O–H groups in total. The lowest BCUT2D eigenvalue weighted by Crippen LogP contribution is -2.34. The normalized spacial score (nSPS) is 12.7. The van der Waals surface area contributed by atoms with Crippen LogP contribution in [-0.4, -0.2) is 6.04 Å². The lowest BCUT2D eigenvalue weighted by molar-refractivity contribution is 0.442. The van der Waals surface area contributed by atoms with Gasteiger partial charge in [-0.1, -0.05) is 45.1 Å². The van der Waals surface area contributed by atoms with E-state index in [4.69, 9.17) is 5.84 Å². The van der Waals surface area contributed by atoms with Crippen LogP contribution < -0.4 is 11.3 Å². The van der Waals surface area contributed by atoms with Crippen molar-refractivity contribution in [1.82, 2.24) is 5.43 Å². The topological polar surface area (TPSA) is 38.0 Å². The molecule has 0 bridgehead atoms. The Labute approximate surface area is 88.9 Å². The molecule has 14 heavy (non-hydrogen) atoms. The fourth-order valence-corrected chi connectivity index (χ4v) is 1.62. The van der Waals surface area contributed by atoms with Crippen LogP contribution in [0.1, 0.15) is 58.3 Å². The Morgan fingerprint density at radius 2 is 1.93 bits per heavy atom. The molecular weight excluding hydrogens is 172 g/mol. The van der Waals surface area contributed by atoms with Gasteiger partial charge in [0.1, 0.15) is 0 Å². The predicted octanol–water partition coefficient (Wildman–Crippen LogP) is 3.15. The average molecular weight is 198 g/mol. The van der Waals surface area contributed by atoms with E-state index >= 15 is 0 Å². The molecule has 0 aromatic heterocycles. The molecule has 0 aromatic carbocycles. The van der Waals surface area contributed by atoms with Crippen molar-refractivity contribution in [3.8, 4) is 0 Å². The van der Waals surface area contributed by atoms with Crippen molar-refractivity contribution in [3.63, 3.8) is 0 Å². The van der Waals surface area contributed by atoms with Crippen molar-refractivity contribution in [2.75, 3.05) is 0 Å². The lowest BCUT2D eigenvalue weighted by Gasteiger charge is -2.14. The fourth-order valence-electron chi connectivity index (χ4n) is 1.62. The summed E-state index contributed by atoms with van der Waals surface area (Å²) in [5.41, 5.74) is 2.88. The SMILES string of the molecule is C=CCCC(CCCCCCC)NN. The summed E-state index contributed by atoms with van der Waals surface area (Å²) in [6.07, 6.45) is 12.0. The lowest BCUT2D eigenvalue weighted by atomic mass is 10.0. The van der Waals surface area contributed by atoms with Gasteiger partial charge in [0.15, 0.2) is 0 Å². The number of allylic oxidation sites excluding steroid dienone is 1. The Morgan fingerprint density at radius 1 is 1.21 bits per heavy atom. The van der Waals surface area contributed by atoms with Crippen molar-refractivity contribution in [2.45, 2.75) is 64.3 Å². The van der Waals surface area contributed by atoms with Gasteiger partial charge in [0.25, 0.3) is 0 Å². The first-order chi connectivity index (χ1) is 6.85. The molecule has 2 nitrogen and oxygen atoms in total. The van der Waals surface area contributed by atoms with Gasteiger partial charge in [0, 0.05) is 6.04 Å². The summed E-state index contributed by atoms with van der Waals surface area (Å²) in [6.45, 7) is 5.96. The van der Waals surface area contributed by atoms with E-state index in [1.165, 1.54) is 38.5 Å². The molecule has 0 radical (unpaired) electrons. The Kier molecular flexibility index (Phi) is 10.5. The monoisotopic (exact) mass is 198 g/mol. The molecule has 2 heteroatoms. The molecule has 1 unspecified atom stereocenters. The summed E-state index contributed by atoms with van der Waals surface area (Å²) in [5.74, 6) is 5.47. The molecule has 84 valence electrons. The number of hydrazine groups is 1. The van der Waals surface area contributed by atoms with Crippen LogP contribution in [0.4, 0.5) is 0 Å². The molecule has 0 saturated carbocycles. The van der Waals surface area contributed by atoms with Gasteiger partial charge in [-0.15, -0.1) is 6.58 Å². The Bertz CT molecular complexity index is 123. The van der Waals surface area contributed by atoms with Gasteiger partial charge in [-0.2, -0.15) is 0 Å². The number of hydrogen-bond donors (Lipinski definition) is 2. The van der Waals surface area contributed by atoms with E-state index < -0.39 is 0 Å². The molecule has 0 aromatic rings. The van der Waals surface area contributed by atoms with E-state index in [1.54, 1.807) is 0 Å². The number of nitrogens with one attached hydrogen (secondary N) is 1. The van der Waals surface area contributed by atoms with Crippen LogP contribution in [0, 0.1) is 0 Å². The maximum Gasteiger partial charge on any atom is 0.0213 e. The Morgan fingerprint density at radius 3 is 2.50 bits per heavy atom. The third-order valence-corrected chi connectivity index (χ3v) is 2.61. The van der Waals surface area contributed by atoms with Crippen LogP contribution in [0.25, 0.3) is 0 Å². The number of unbranched alkanes of at least 4 members (excludes halogenated alkanes) is 4. The first-order valence-corrected chi connectivity index (χ1v) is 5.92. The third-order valence-electron chi connectivity index (χ3n) is 2.61. The molecule has 0 heterocycles. The van der Waals surface area contributed by atoms with Crippen molar-refractivity contribution >= 4 is 0 Å². The number of rotatable bonds is 10. The van der Waals surface area contributed by atoms with E-state index in [2.05, 4.69) is 18.9 Å². The summed E-state index contributed by atoms with van der Waals surface area (Å²) in [4.78, 5) is 0. The standard InChI is InChI=1S/C12H26N2/c1-3-5-7-8-9-11-12(14-13)10-6-4-2/h4,12,14H,2-3,5-11,13H2,1H3. The molecule has 0 spiro atoms. The van der Waals surface area contributed by atoms with Gasteiger partial charge in [-0.25, -0.2) is 0 Å². The summed E-state index contributed by atoms with van der Waals surface area (Å²) in [7, 11) is 0. The summed E-state index contributed by atoms with van der Waals surface area (Å²) in [6, 6.07) is 0.481. The number of nitrogens with two attached hydrogens (primary N) is 1. The summed E-state index contributed by atoms with van der Waals surface area (Å²) < 4.78 is 0. The second kappa shape index (κ2) is 10.7. The second-order valence-electron chi connectivity index (χ2n) is 3.93. The van der Waals surface area contributed by atoms with Gasteiger partial charge in [0.2, 0.25) is 0 Å². The van der Waals surface area contributed by atoms with Crippen molar-refractivity contribution in [3.05, 3.63) is 12.7 Å². The first kappa shape index (κ1) is 13.7. The minimum atomic E-state index is 0.481. The Hall–Kier alpha value is -0.340. The average Bonchev–Trinajstić information content (AvgIpc) is 2.22. The highest BCUT2D eigenvalue weighted by Gasteiger charge is 2.03. The van der Waals surface area contributed by atoms with E-state index in [0.29, 0.717) is 6.04 Å². The van der Waals surface area contributed by atoms with Gasteiger partial charge in [0.05, 0.1) is 0 Å². The third kappa shape index (κ3) is 8.27. The molecule has 0 saturated heterocycles. The molecule has 1 atom stereocenters. The second-order valence-corrected chi connectivity index (χ2v) is 3.93. The van der Waals surface area contributed by atoms with Crippen LogP contribution >= 0.6 is 0 Å². The van der Waals surface area contributed by atoms with Crippen molar-refractivity contribution in [1.29, 1.82) is 0 Å². The summed E-state index contributed by atoms with van der Waals surface area (Å²) in [5, 5.41) is 0. The van der Waals surface area contributed by atoms with Crippen molar-refractivity contribution in [2.24, 2.45) is 5.84 Å². The van der Waals surface area contributed by atoms with Crippen LogP contribution in [0.3, 0.4) is 0 Å². The smallest absolute Gasteiger partial charge is 0.0213 e. The highest BCUT2D eigenvalue weighted by Crippen LogP contribution is 2.10. The van der Waals surface area contributed by atoms with E-state index in [9.17, 15) is 0 Å². The van der Waals surface area contributed by atoms with Crippen LogP contribution in [0.2, 0.25) is 0 Å². The molecule has 0 aliphatic carbocycles. The Balaban J connectivity index is 3.28. The van der Waals surface area contributed by atoms with Gasteiger partial charge in [-0.05, 0) is 19.3 Å². The first-order valence-electron chi connectivity index (χ1n) is 5.92. The van der Waals surface area contributed by atoms with Crippen molar-refractivity contribution < 1.29 is 0 Å². The highest BCUT2D eigenvalue weighted by molar-refractivity contribution is 4.72. The van der Waals surface area contributed by atoms with Gasteiger partial charge < -0.3 is 0 Å². The minimum Gasteiger partial charge on any atom is -0.271 e. The largest absolute Gasteiger partial charge is 0.271 e. The minimum absolute atomic E-state index is 0.481. The predicted molar refractivity (Wildman–Crippen MR) is 63.9 cm³/mol. The molecular formula is C12H26N2. The fraction of sp³-hybridized carbons (Fsp3) is 0.833. The molecule has 0 aliphatic heterocycles. The maximum atomic E-state index is 5.47. The molecule has 0 rings (SSSR count). The molecule has 0 amide bonds. The van der Waals surface area contributed by atoms with E-state index in [1.807, 2.05) is 6.08 Å². The highest BCUT2D eigenvalue weighted by atomic mass is 15.2. The zero-order valence-electron chi connectivity index (χ0n) is 9.60.